The van der Waals surface area contributed by atoms with Crippen LogP contribution in [0.3, 0.4) is 0 Å². The predicted molar refractivity (Wildman–Crippen MR) is 51.7 cm³/mol. The summed E-state index contributed by atoms with van der Waals surface area (Å²) >= 11 is 0. The fourth-order valence-electron chi connectivity index (χ4n) is 1.50. The maximum Gasteiger partial charge on any atom is 0.0669 e. The summed E-state index contributed by atoms with van der Waals surface area (Å²) in [6.07, 6.45) is 1.10. The lowest BCUT2D eigenvalue weighted by Gasteiger charge is -2.14. The SMILES string of the molecule is CON1CCc2ccccc21.Cl. The van der Waals surface area contributed by atoms with Crippen LogP contribution in [0.25, 0.3) is 0 Å². The molecule has 0 fully saturated rings. The Morgan fingerprint density at radius 2 is 2.08 bits per heavy atom. The average molecular weight is 186 g/mol. The van der Waals surface area contributed by atoms with Crippen molar-refractivity contribution in [3.8, 4) is 0 Å². The summed E-state index contributed by atoms with van der Waals surface area (Å²) in [4.78, 5) is 5.17. The molecular formula is C9H12ClNO. The van der Waals surface area contributed by atoms with Gasteiger partial charge in [0.2, 0.25) is 0 Å². The molecule has 1 aliphatic heterocycles. The van der Waals surface area contributed by atoms with Crippen LogP contribution in [0.1, 0.15) is 5.56 Å². The molecule has 0 bridgehead atoms. The first-order valence-corrected chi connectivity index (χ1v) is 3.81. The van der Waals surface area contributed by atoms with Crippen LogP contribution in [0.15, 0.2) is 24.3 Å². The fraction of sp³-hybridized carbons (Fsp3) is 0.333. The molecule has 0 aliphatic carbocycles. The molecule has 0 saturated carbocycles. The van der Waals surface area contributed by atoms with Crippen LogP contribution < -0.4 is 5.06 Å². The second-order valence-corrected chi connectivity index (χ2v) is 2.66. The van der Waals surface area contributed by atoms with Gasteiger partial charge in [-0.2, -0.15) is 0 Å². The van der Waals surface area contributed by atoms with Gasteiger partial charge in [-0.1, -0.05) is 18.2 Å². The lowest BCUT2D eigenvalue weighted by atomic mass is 10.2. The second-order valence-electron chi connectivity index (χ2n) is 2.66. The third kappa shape index (κ3) is 1.40. The van der Waals surface area contributed by atoms with E-state index in [0.717, 1.165) is 13.0 Å². The number of nitrogens with zero attached hydrogens (tertiary/aromatic N) is 1. The number of rotatable bonds is 1. The Morgan fingerprint density at radius 3 is 2.83 bits per heavy atom. The summed E-state index contributed by atoms with van der Waals surface area (Å²) in [6, 6.07) is 8.34. The van der Waals surface area contributed by atoms with E-state index in [9.17, 15) is 0 Å². The van der Waals surface area contributed by atoms with Gasteiger partial charge in [-0.15, -0.1) is 12.4 Å². The highest BCUT2D eigenvalue weighted by Crippen LogP contribution is 2.26. The van der Waals surface area contributed by atoms with Gasteiger partial charge >= 0.3 is 0 Å². The molecule has 12 heavy (non-hydrogen) atoms. The van der Waals surface area contributed by atoms with E-state index in [1.807, 2.05) is 11.1 Å². The van der Waals surface area contributed by atoms with Gasteiger partial charge in [-0.3, -0.25) is 9.90 Å². The Hall–Kier alpha value is -0.730. The Balaban J connectivity index is 0.000000720. The van der Waals surface area contributed by atoms with Crippen molar-refractivity contribution in [1.82, 2.24) is 0 Å². The van der Waals surface area contributed by atoms with Crippen LogP contribution in [0.5, 0.6) is 0 Å². The lowest BCUT2D eigenvalue weighted by molar-refractivity contribution is 0.174. The topological polar surface area (TPSA) is 12.5 Å². The number of benzene rings is 1. The Labute approximate surface area is 78.5 Å². The Morgan fingerprint density at radius 1 is 1.33 bits per heavy atom. The molecular weight excluding hydrogens is 174 g/mol. The number of hydrogen-bond donors (Lipinski definition) is 0. The normalized spacial score (nSPS) is 13.9. The molecule has 0 radical (unpaired) electrons. The molecule has 0 amide bonds. The second kappa shape index (κ2) is 3.78. The molecule has 1 aliphatic rings. The molecule has 0 saturated heterocycles. The van der Waals surface area contributed by atoms with Crippen LogP contribution in [0.2, 0.25) is 0 Å². The summed E-state index contributed by atoms with van der Waals surface area (Å²) in [5, 5.41) is 1.93. The minimum Gasteiger partial charge on any atom is -0.277 e. The molecule has 2 nitrogen and oxygen atoms in total. The van der Waals surface area contributed by atoms with Gasteiger partial charge in [-0.25, -0.2) is 0 Å². The zero-order chi connectivity index (χ0) is 7.68. The maximum absolute atomic E-state index is 5.17. The molecule has 0 N–H and O–H groups in total. The number of para-hydroxylation sites is 1. The minimum atomic E-state index is 0. The molecule has 0 aromatic heterocycles. The van der Waals surface area contributed by atoms with E-state index in [2.05, 4.69) is 18.2 Å². The van der Waals surface area contributed by atoms with E-state index in [0.29, 0.717) is 0 Å². The van der Waals surface area contributed by atoms with Gasteiger partial charge in [0, 0.05) is 6.54 Å². The van der Waals surface area contributed by atoms with E-state index in [-0.39, 0.29) is 12.4 Å². The number of hydrogen-bond acceptors (Lipinski definition) is 2. The summed E-state index contributed by atoms with van der Waals surface area (Å²) in [5.41, 5.74) is 2.60. The van der Waals surface area contributed by atoms with Gasteiger partial charge < -0.3 is 0 Å². The van der Waals surface area contributed by atoms with Crippen LogP contribution in [0, 0.1) is 0 Å². The van der Waals surface area contributed by atoms with Crippen molar-refractivity contribution in [2.45, 2.75) is 6.42 Å². The van der Waals surface area contributed by atoms with E-state index < -0.39 is 0 Å². The highest BCUT2D eigenvalue weighted by atomic mass is 35.5. The van der Waals surface area contributed by atoms with Crippen molar-refractivity contribution in [2.24, 2.45) is 0 Å². The number of anilines is 1. The van der Waals surface area contributed by atoms with E-state index >= 15 is 0 Å². The van der Waals surface area contributed by atoms with Crippen molar-refractivity contribution in [2.75, 3.05) is 18.7 Å². The molecule has 1 aromatic carbocycles. The van der Waals surface area contributed by atoms with Crippen molar-refractivity contribution in [3.63, 3.8) is 0 Å². The molecule has 0 atom stereocenters. The van der Waals surface area contributed by atoms with E-state index in [1.165, 1.54) is 11.3 Å². The highest BCUT2D eigenvalue weighted by Gasteiger charge is 2.16. The van der Waals surface area contributed by atoms with Crippen molar-refractivity contribution < 1.29 is 4.84 Å². The quantitative estimate of drug-likeness (QED) is 0.664. The van der Waals surface area contributed by atoms with Crippen molar-refractivity contribution in [1.29, 1.82) is 0 Å². The largest absolute Gasteiger partial charge is 0.277 e. The van der Waals surface area contributed by atoms with Crippen LogP contribution in [0.4, 0.5) is 5.69 Å². The maximum atomic E-state index is 5.17. The summed E-state index contributed by atoms with van der Waals surface area (Å²) < 4.78 is 0. The molecule has 1 heterocycles. The third-order valence-electron chi connectivity index (χ3n) is 2.06. The Kier molecular flexibility index (Phi) is 2.95. The number of fused-ring (bicyclic) bond motifs is 1. The first-order valence-electron chi connectivity index (χ1n) is 3.81. The first kappa shape index (κ1) is 9.36. The Bertz CT molecular complexity index is 264. The molecule has 3 heteroatoms. The molecule has 66 valence electrons. The van der Waals surface area contributed by atoms with Crippen molar-refractivity contribution in [3.05, 3.63) is 29.8 Å². The van der Waals surface area contributed by atoms with Gasteiger partial charge in [0.25, 0.3) is 0 Å². The van der Waals surface area contributed by atoms with Gasteiger partial charge in [-0.05, 0) is 18.1 Å². The fourth-order valence-corrected chi connectivity index (χ4v) is 1.50. The third-order valence-corrected chi connectivity index (χ3v) is 2.06. The summed E-state index contributed by atoms with van der Waals surface area (Å²) in [6.45, 7) is 0.982. The van der Waals surface area contributed by atoms with Crippen LogP contribution >= 0.6 is 12.4 Å². The summed E-state index contributed by atoms with van der Waals surface area (Å²) in [7, 11) is 1.71. The zero-order valence-electron chi connectivity index (χ0n) is 6.99. The molecule has 2 rings (SSSR count). The van der Waals surface area contributed by atoms with E-state index in [4.69, 9.17) is 4.84 Å². The smallest absolute Gasteiger partial charge is 0.0669 e. The standard InChI is InChI=1S/C9H11NO.ClH/c1-11-10-7-6-8-4-2-3-5-9(8)10;/h2-5H,6-7H2,1H3;1H. The molecule has 1 aromatic rings. The molecule has 0 unspecified atom stereocenters. The zero-order valence-corrected chi connectivity index (χ0v) is 7.80. The van der Waals surface area contributed by atoms with Crippen molar-refractivity contribution >= 4 is 18.1 Å². The predicted octanol–water partition coefficient (Wildman–Crippen LogP) is 2.03. The van der Waals surface area contributed by atoms with Crippen LogP contribution in [-0.2, 0) is 11.3 Å². The average Bonchev–Trinajstić information content (AvgIpc) is 2.47. The van der Waals surface area contributed by atoms with Gasteiger partial charge in [0.05, 0.1) is 12.8 Å². The minimum absolute atomic E-state index is 0. The highest BCUT2D eigenvalue weighted by molar-refractivity contribution is 5.85. The molecule has 0 spiro atoms. The number of hydroxylamine groups is 1. The first-order chi connectivity index (χ1) is 5.42. The monoisotopic (exact) mass is 185 g/mol. The van der Waals surface area contributed by atoms with Gasteiger partial charge in [0.15, 0.2) is 0 Å². The van der Waals surface area contributed by atoms with Gasteiger partial charge in [0.1, 0.15) is 0 Å². The lowest BCUT2D eigenvalue weighted by Crippen LogP contribution is -2.17. The van der Waals surface area contributed by atoms with E-state index in [1.54, 1.807) is 7.11 Å². The van der Waals surface area contributed by atoms with Crippen LogP contribution in [-0.4, -0.2) is 13.7 Å². The number of halogens is 1. The summed E-state index contributed by atoms with van der Waals surface area (Å²) in [5.74, 6) is 0.